The van der Waals surface area contributed by atoms with E-state index in [4.69, 9.17) is 14.6 Å². The van der Waals surface area contributed by atoms with Crippen LogP contribution in [0.25, 0.3) is 0 Å². The first kappa shape index (κ1) is 24.0. The van der Waals surface area contributed by atoms with Gasteiger partial charge in [-0.1, -0.05) is 12.1 Å². The molecule has 1 aliphatic rings. The first-order valence-corrected chi connectivity index (χ1v) is 11.7. The number of ether oxygens (including phenoxy) is 2. The number of anilines is 1. The van der Waals surface area contributed by atoms with Gasteiger partial charge in [0.1, 0.15) is 24.0 Å². The van der Waals surface area contributed by atoms with Crippen molar-refractivity contribution in [2.75, 3.05) is 17.5 Å². The molecule has 1 fully saturated rings. The number of aryl methyl sites for hydroxylation is 2. The Morgan fingerprint density at radius 2 is 1.74 bits per heavy atom. The maximum Gasteiger partial charge on any atom is 0.335 e. The SMILES string of the molecule is Cc1cc(OCc2ccc(C(=O)O)cc2)c(N(CC2CCO2)Sc2cc(F)cc(F)c2)cc1C. The maximum absolute atomic E-state index is 13.8. The molecule has 0 aliphatic carbocycles. The van der Waals surface area contributed by atoms with Crippen LogP contribution >= 0.6 is 11.9 Å². The average molecular weight is 486 g/mol. The Labute approximate surface area is 201 Å². The molecular formula is C26H25F2NO4S. The van der Waals surface area contributed by atoms with E-state index in [0.717, 1.165) is 34.9 Å². The van der Waals surface area contributed by atoms with Gasteiger partial charge in [-0.25, -0.2) is 13.6 Å². The summed E-state index contributed by atoms with van der Waals surface area (Å²) in [5.41, 5.74) is 3.90. The van der Waals surface area contributed by atoms with Crippen molar-refractivity contribution >= 4 is 23.6 Å². The van der Waals surface area contributed by atoms with Crippen LogP contribution in [0.3, 0.4) is 0 Å². The molecule has 0 aromatic heterocycles. The smallest absolute Gasteiger partial charge is 0.335 e. The molecule has 0 saturated carbocycles. The van der Waals surface area contributed by atoms with Crippen LogP contribution in [0.4, 0.5) is 14.5 Å². The van der Waals surface area contributed by atoms with E-state index in [0.29, 0.717) is 23.8 Å². The highest BCUT2D eigenvalue weighted by Crippen LogP contribution is 2.39. The van der Waals surface area contributed by atoms with Gasteiger partial charge >= 0.3 is 5.97 Å². The molecule has 3 aromatic rings. The van der Waals surface area contributed by atoms with Crippen LogP contribution in [0.15, 0.2) is 59.5 Å². The van der Waals surface area contributed by atoms with Gasteiger partial charge in [-0.3, -0.25) is 0 Å². The molecule has 1 aliphatic heterocycles. The van der Waals surface area contributed by atoms with E-state index in [1.54, 1.807) is 12.1 Å². The molecule has 0 amide bonds. The third-order valence-electron chi connectivity index (χ3n) is 5.65. The Hall–Kier alpha value is -3.10. The number of carboxylic acid groups (broad SMARTS) is 1. The maximum atomic E-state index is 13.8. The van der Waals surface area contributed by atoms with Gasteiger partial charge in [-0.2, -0.15) is 0 Å². The van der Waals surface area contributed by atoms with E-state index in [9.17, 15) is 13.6 Å². The van der Waals surface area contributed by atoms with Crippen molar-refractivity contribution in [1.29, 1.82) is 0 Å². The van der Waals surface area contributed by atoms with Gasteiger partial charge in [0, 0.05) is 17.6 Å². The van der Waals surface area contributed by atoms with Gasteiger partial charge in [0.2, 0.25) is 0 Å². The van der Waals surface area contributed by atoms with Gasteiger partial charge in [0.15, 0.2) is 0 Å². The minimum Gasteiger partial charge on any atom is -0.487 e. The zero-order chi connectivity index (χ0) is 24.2. The predicted molar refractivity (Wildman–Crippen MR) is 128 cm³/mol. The lowest BCUT2D eigenvalue weighted by Crippen LogP contribution is -2.37. The molecule has 4 rings (SSSR count). The van der Waals surface area contributed by atoms with E-state index < -0.39 is 17.6 Å². The van der Waals surface area contributed by atoms with Crippen LogP contribution in [-0.2, 0) is 11.3 Å². The Bertz CT molecular complexity index is 1160. The van der Waals surface area contributed by atoms with Crippen molar-refractivity contribution in [1.82, 2.24) is 0 Å². The van der Waals surface area contributed by atoms with Crippen molar-refractivity contribution in [2.45, 2.75) is 37.9 Å². The Morgan fingerprint density at radius 3 is 2.32 bits per heavy atom. The topological polar surface area (TPSA) is 59.0 Å². The molecule has 0 bridgehead atoms. The van der Waals surface area contributed by atoms with Gasteiger partial charge in [0.25, 0.3) is 0 Å². The number of hydrogen-bond acceptors (Lipinski definition) is 5. The van der Waals surface area contributed by atoms with Crippen LogP contribution in [0, 0.1) is 25.5 Å². The monoisotopic (exact) mass is 485 g/mol. The number of rotatable bonds is 9. The van der Waals surface area contributed by atoms with Gasteiger partial charge in [-0.05, 0) is 85.3 Å². The third kappa shape index (κ3) is 5.87. The summed E-state index contributed by atoms with van der Waals surface area (Å²) in [5.74, 6) is -1.63. The number of halogens is 2. The van der Waals surface area contributed by atoms with Crippen molar-refractivity contribution < 1.29 is 28.2 Å². The van der Waals surface area contributed by atoms with E-state index in [1.165, 1.54) is 36.2 Å². The number of nitrogens with zero attached hydrogens (tertiary/aromatic N) is 1. The molecule has 8 heteroatoms. The lowest BCUT2D eigenvalue weighted by atomic mass is 10.1. The summed E-state index contributed by atoms with van der Waals surface area (Å²) < 4.78 is 41.4. The molecule has 0 spiro atoms. The average Bonchev–Trinajstić information content (AvgIpc) is 2.75. The van der Waals surface area contributed by atoms with Crippen LogP contribution in [-0.4, -0.2) is 30.3 Å². The normalized spacial score (nSPS) is 15.0. The molecule has 3 aromatic carbocycles. The van der Waals surface area contributed by atoms with E-state index in [1.807, 2.05) is 30.3 Å². The largest absolute Gasteiger partial charge is 0.487 e. The zero-order valence-corrected chi connectivity index (χ0v) is 19.7. The van der Waals surface area contributed by atoms with Crippen molar-refractivity contribution in [2.24, 2.45) is 0 Å². The van der Waals surface area contributed by atoms with Crippen LogP contribution in [0.5, 0.6) is 5.75 Å². The highest BCUT2D eigenvalue weighted by Gasteiger charge is 2.25. The van der Waals surface area contributed by atoms with Crippen molar-refractivity contribution in [3.05, 3.63) is 88.5 Å². The van der Waals surface area contributed by atoms with E-state index >= 15 is 0 Å². The molecule has 0 radical (unpaired) electrons. The van der Waals surface area contributed by atoms with Gasteiger partial charge in [0.05, 0.1) is 23.9 Å². The van der Waals surface area contributed by atoms with Crippen LogP contribution in [0.1, 0.15) is 33.5 Å². The molecule has 5 nitrogen and oxygen atoms in total. The highest BCUT2D eigenvalue weighted by molar-refractivity contribution is 8.00. The highest BCUT2D eigenvalue weighted by atomic mass is 32.2. The summed E-state index contributed by atoms with van der Waals surface area (Å²) in [6.45, 7) is 5.44. The second kappa shape index (κ2) is 10.4. The van der Waals surface area contributed by atoms with Crippen molar-refractivity contribution in [3.8, 4) is 5.75 Å². The molecule has 1 unspecified atom stereocenters. The number of aromatic carboxylic acids is 1. The second-order valence-electron chi connectivity index (χ2n) is 8.23. The minimum absolute atomic E-state index is 0.0175. The fourth-order valence-corrected chi connectivity index (χ4v) is 4.56. The molecular weight excluding hydrogens is 460 g/mol. The summed E-state index contributed by atoms with van der Waals surface area (Å²) in [4.78, 5) is 11.5. The summed E-state index contributed by atoms with van der Waals surface area (Å²) in [7, 11) is 0. The van der Waals surface area contributed by atoms with E-state index in [-0.39, 0.29) is 18.3 Å². The Morgan fingerprint density at radius 1 is 1.09 bits per heavy atom. The lowest BCUT2D eigenvalue weighted by Gasteiger charge is -2.34. The number of carbonyl (C=O) groups is 1. The third-order valence-corrected chi connectivity index (χ3v) is 6.67. The van der Waals surface area contributed by atoms with Crippen LogP contribution in [0.2, 0.25) is 0 Å². The lowest BCUT2D eigenvalue weighted by molar-refractivity contribution is -0.0426. The Kier molecular flexibility index (Phi) is 7.38. The zero-order valence-electron chi connectivity index (χ0n) is 18.9. The number of carboxylic acids is 1. The van der Waals surface area contributed by atoms with Gasteiger partial charge in [-0.15, -0.1) is 0 Å². The fraction of sp³-hybridized carbons (Fsp3) is 0.269. The van der Waals surface area contributed by atoms with E-state index in [2.05, 4.69) is 0 Å². The fourth-order valence-electron chi connectivity index (χ4n) is 3.50. The summed E-state index contributed by atoms with van der Waals surface area (Å²) >= 11 is 1.23. The quantitative estimate of drug-likeness (QED) is 0.366. The first-order valence-electron chi connectivity index (χ1n) is 10.9. The number of hydrogen-bond donors (Lipinski definition) is 1. The summed E-state index contributed by atoms with van der Waals surface area (Å²) in [6.07, 6.45) is 0.926. The second-order valence-corrected chi connectivity index (χ2v) is 9.33. The summed E-state index contributed by atoms with van der Waals surface area (Å²) in [5, 5.41) is 9.09. The molecule has 34 heavy (non-hydrogen) atoms. The molecule has 1 heterocycles. The minimum atomic E-state index is -0.983. The molecule has 178 valence electrons. The predicted octanol–water partition coefficient (Wildman–Crippen LogP) is 6.16. The first-order chi connectivity index (χ1) is 16.3. The molecule has 1 N–H and O–H groups in total. The standard InChI is InChI=1S/C26H25F2NO4S/c1-16-9-24(25(10-17(16)2)33-15-18-3-5-19(6-4-18)26(30)31)29(14-22-7-8-32-22)34-23-12-20(27)11-21(28)13-23/h3-6,9-13,22H,7-8,14-15H2,1-2H3,(H,30,31). The van der Waals surface area contributed by atoms with Crippen LogP contribution < -0.4 is 9.04 Å². The molecule has 1 saturated heterocycles. The Balaban J connectivity index is 1.62. The summed E-state index contributed by atoms with van der Waals surface area (Å²) in [6, 6.07) is 13.9. The van der Waals surface area contributed by atoms with Crippen molar-refractivity contribution in [3.63, 3.8) is 0 Å². The number of benzene rings is 3. The van der Waals surface area contributed by atoms with Gasteiger partial charge < -0.3 is 18.9 Å². The molecule has 1 atom stereocenters.